The van der Waals surface area contributed by atoms with Gasteiger partial charge < -0.3 is 0 Å². The average molecular weight is 220 g/mol. The fraction of sp³-hybridized carbons (Fsp3) is 0.750. The van der Waals surface area contributed by atoms with Gasteiger partial charge in [0.15, 0.2) is 0 Å². The van der Waals surface area contributed by atoms with Gasteiger partial charge in [0, 0.05) is 12.8 Å². The Hall–Kier alpha value is -0.880. The lowest BCUT2D eigenvalue weighted by Gasteiger charge is -1.90. The van der Waals surface area contributed by atoms with Gasteiger partial charge in [-0.3, -0.25) is 0 Å². The van der Waals surface area contributed by atoms with Crippen molar-refractivity contribution in [1.29, 1.82) is 0 Å². The molecule has 0 bridgehead atoms. The van der Waals surface area contributed by atoms with Crippen LogP contribution in [0.2, 0.25) is 0 Å². The van der Waals surface area contributed by atoms with Gasteiger partial charge in [-0.1, -0.05) is 46.0 Å². The van der Waals surface area contributed by atoms with Crippen LogP contribution in [0.3, 0.4) is 0 Å². The molecule has 0 saturated carbocycles. The van der Waals surface area contributed by atoms with Crippen LogP contribution in [0.1, 0.15) is 78.6 Å². The molecule has 0 fully saturated rings. The molecule has 16 heavy (non-hydrogen) atoms. The van der Waals surface area contributed by atoms with Crippen LogP contribution in [0.15, 0.2) is 0 Å². The molecule has 0 amide bonds. The molecule has 0 spiro atoms. The van der Waals surface area contributed by atoms with Crippen molar-refractivity contribution in [3.8, 4) is 24.2 Å². The standard InChI is InChI=1S/2C8H14/c2*1-3-5-7-8-6-4-2/h3,5,7-8H2,1-2H3;1H,4-8H2,2H3. The molecule has 92 valence electrons. The lowest BCUT2D eigenvalue weighted by molar-refractivity contribution is 0.680. The van der Waals surface area contributed by atoms with Crippen LogP contribution < -0.4 is 0 Å². The van der Waals surface area contributed by atoms with Gasteiger partial charge in [-0.25, -0.2) is 0 Å². The van der Waals surface area contributed by atoms with E-state index in [-0.39, 0.29) is 0 Å². The van der Waals surface area contributed by atoms with Crippen molar-refractivity contribution >= 4 is 0 Å². The van der Waals surface area contributed by atoms with Crippen LogP contribution in [-0.2, 0) is 0 Å². The van der Waals surface area contributed by atoms with Crippen LogP contribution in [0.25, 0.3) is 0 Å². The maximum absolute atomic E-state index is 5.06. The highest BCUT2D eigenvalue weighted by molar-refractivity contribution is 4.94. The predicted molar refractivity (Wildman–Crippen MR) is 75.2 cm³/mol. The van der Waals surface area contributed by atoms with Gasteiger partial charge in [-0.2, -0.15) is 0 Å². The van der Waals surface area contributed by atoms with Crippen molar-refractivity contribution in [2.24, 2.45) is 0 Å². The Kier molecular flexibility index (Phi) is 21.5. The summed E-state index contributed by atoms with van der Waals surface area (Å²) in [5, 5.41) is 0. The minimum atomic E-state index is 0.958. The van der Waals surface area contributed by atoms with Crippen LogP contribution >= 0.6 is 0 Å². The second kappa shape index (κ2) is 19.7. The summed E-state index contributed by atoms with van der Waals surface area (Å²) in [6, 6.07) is 0. The number of hydrogen-bond acceptors (Lipinski definition) is 0. The van der Waals surface area contributed by atoms with E-state index in [0.717, 1.165) is 12.8 Å². The van der Waals surface area contributed by atoms with Crippen LogP contribution in [0, 0.1) is 24.2 Å². The summed E-state index contributed by atoms with van der Waals surface area (Å²) in [4.78, 5) is 0. The normalized spacial score (nSPS) is 8.12. The van der Waals surface area contributed by atoms with E-state index in [2.05, 4.69) is 31.6 Å². The molecule has 0 aliphatic carbocycles. The molecule has 0 rings (SSSR count). The number of hydrogen-bond donors (Lipinski definition) is 0. The van der Waals surface area contributed by atoms with Gasteiger partial charge >= 0.3 is 0 Å². The summed E-state index contributed by atoms with van der Waals surface area (Å²) in [5.41, 5.74) is 0. The van der Waals surface area contributed by atoms with E-state index >= 15 is 0 Å². The molecule has 0 unspecified atom stereocenters. The third-order valence-corrected chi connectivity index (χ3v) is 2.26. The van der Waals surface area contributed by atoms with E-state index < -0.39 is 0 Å². The number of terminal acetylenes is 1. The fourth-order valence-electron chi connectivity index (χ4n) is 1.24. The Bertz CT molecular complexity index is 196. The van der Waals surface area contributed by atoms with E-state index in [1.807, 2.05) is 6.92 Å². The summed E-state index contributed by atoms with van der Waals surface area (Å²) >= 11 is 0. The Balaban J connectivity index is 0. The fourth-order valence-corrected chi connectivity index (χ4v) is 1.24. The monoisotopic (exact) mass is 220 g/mol. The van der Waals surface area contributed by atoms with Gasteiger partial charge in [0.1, 0.15) is 0 Å². The molecular weight excluding hydrogens is 192 g/mol. The van der Waals surface area contributed by atoms with E-state index in [9.17, 15) is 0 Å². The minimum absolute atomic E-state index is 0.958. The highest BCUT2D eigenvalue weighted by Gasteiger charge is 1.81. The summed E-state index contributed by atoms with van der Waals surface area (Å²) in [5.74, 6) is 8.54. The highest BCUT2D eigenvalue weighted by Crippen LogP contribution is 2.00. The SMILES string of the molecule is C#CCCCCCC.CC#CCCCCC. The molecule has 0 nitrogen and oxygen atoms in total. The molecule has 0 aliphatic heterocycles. The first-order valence-electron chi connectivity index (χ1n) is 6.66. The Morgan fingerprint density at radius 1 is 0.812 bits per heavy atom. The second-order valence-electron chi connectivity index (χ2n) is 3.90. The quantitative estimate of drug-likeness (QED) is 0.409. The lowest BCUT2D eigenvalue weighted by atomic mass is 10.2. The van der Waals surface area contributed by atoms with Crippen molar-refractivity contribution < 1.29 is 0 Å². The van der Waals surface area contributed by atoms with Gasteiger partial charge in [0.05, 0.1) is 0 Å². The smallest absolute Gasteiger partial charge is 0.00885 e. The van der Waals surface area contributed by atoms with E-state index in [1.54, 1.807) is 0 Å². The summed E-state index contributed by atoms with van der Waals surface area (Å²) in [6.07, 6.45) is 16.2. The molecule has 0 aliphatic rings. The molecule has 0 aromatic heterocycles. The van der Waals surface area contributed by atoms with Crippen molar-refractivity contribution in [1.82, 2.24) is 0 Å². The first-order chi connectivity index (χ1) is 7.83. The number of unbranched alkanes of at least 4 members (excludes halogenated alkanes) is 7. The zero-order valence-electron chi connectivity index (χ0n) is 11.4. The highest BCUT2D eigenvalue weighted by atomic mass is 13.9. The van der Waals surface area contributed by atoms with Gasteiger partial charge in [-0.15, -0.1) is 24.2 Å². The molecule has 0 aromatic carbocycles. The van der Waals surface area contributed by atoms with E-state index in [4.69, 9.17) is 6.42 Å². The van der Waals surface area contributed by atoms with Crippen LogP contribution in [0.5, 0.6) is 0 Å². The third-order valence-electron chi connectivity index (χ3n) is 2.26. The third kappa shape index (κ3) is 23.2. The summed E-state index contributed by atoms with van der Waals surface area (Å²) in [7, 11) is 0. The van der Waals surface area contributed by atoms with E-state index in [1.165, 1.54) is 44.9 Å². The van der Waals surface area contributed by atoms with Crippen molar-refractivity contribution in [3.63, 3.8) is 0 Å². The van der Waals surface area contributed by atoms with Crippen LogP contribution in [0.4, 0.5) is 0 Å². The molecule has 0 atom stereocenters. The van der Waals surface area contributed by atoms with Gasteiger partial charge in [-0.05, 0) is 19.8 Å². The zero-order chi connectivity index (χ0) is 12.5. The van der Waals surface area contributed by atoms with Crippen LogP contribution in [-0.4, -0.2) is 0 Å². The Morgan fingerprint density at radius 3 is 1.88 bits per heavy atom. The predicted octanol–water partition coefficient (Wildman–Crippen LogP) is 5.18. The van der Waals surface area contributed by atoms with Crippen molar-refractivity contribution in [2.75, 3.05) is 0 Å². The van der Waals surface area contributed by atoms with Crippen molar-refractivity contribution in [3.05, 3.63) is 0 Å². The van der Waals surface area contributed by atoms with Crippen molar-refractivity contribution in [2.45, 2.75) is 78.6 Å². The van der Waals surface area contributed by atoms with Gasteiger partial charge in [0.2, 0.25) is 0 Å². The minimum Gasteiger partial charge on any atom is -0.120 e. The first-order valence-corrected chi connectivity index (χ1v) is 6.66. The molecular formula is C16H28. The molecule has 0 heteroatoms. The molecule has 0 radical (unpaired) electrons. The molecule has 0 N–H and O–H groups in total. The summed E-state index contributed by atoms with van der Waals surface area (Å²) in [6.45, 7) is 6.31. The maximum atomic E-state index is 5.06. The first kappa shape index (κ1) is 17.5. The summed E-state index contributed by atoms with van der Waals surface area (Å²) < 4.78 is 0. The largest absolute Gasteiger partial charge is 0.120 e. The zero-order valence-corrected chi connectivity index (χ0v) is 11.4. The second-order valence-corrected chi connectivity index (χ2v) is 3.90. The topological polar surface area (TPSA) is 0 Å². The number of rotatable bonds is 7. The average Bonchev–Trinajstić information content (AvgIpc) is 2.31. The van der Waals surface area contributed by atoms with Gasteiger partial charge in [0.25, 0.3) is 0 Å². The molecule has 0 heterocycles. The Morgan fingerprint density at radius 2 is 1.38 bits per heavy atom. The maximum Gasteiger partial charge on any atom is 0.00885 e. The molecule has 0 saturated heterocycles. The Labute approximate surface area is 103 Å². The lowest BCUT2D eigenvalue weighted by Crippen LogP contribution is -1.72. The molecule has 0 aromatic rings. The van der Waals surface area contributed by atoms with E-state index in [0.29, 0.717) is 0 Å².